The molecule has 1 aliphatic carbocycles. The van der Waals surface area contributed by atoms with Gasteiger partial charge in [0.25, 0.3) is 0 Å². The lowest BCUT2D eigenvalue weighted by Crippen LogP contribution is -2.31. The summed E-state index contributed by atoms with van der Waals surface area (Å²) >= 11 is 0. The van der Waals surface area contributed by atoms with Gasteiger partial charge in [0.15, 0.2) is 11.5 Å². The van der Waals surface area contributed by atoms with E-state index in [-0.39, 0.29) is 0 Å². The summed E-state index contributed by atoms with van der Waals surface area (Å²) in [6, 6.07) is 12.7. The predicted molar refractivity (Wildman–Crippen MR) is 155 cm³/mol. The number of benzene rings is 2. The number of ether oxygens (including phenoxy) is 3. The molecule has 1 heterocycles. The van der Waals surface area contributed by atoms with Gasteiger partial charge in [0.05, 0.1) is 25.3 Å². The van der Waals surface area contributed by atoms with E-state index in [1.807, 2.05) is 47.0 Å². The molecule has 8 nitrogen and oxygen atoms in total. The van der Waals surface area contributed by atoms with Crippen LogP contribution < -0.4 is 29.7 Å². The van der Waals surface area contributed by atoms with Gasteiger partial charge in [0.1, 0.15) is 5.82 Å². The van der Waals surface area contributed by atoms with E-state index in [1.165, 1.54) is 12.8 Å². The number of fused-ring (bicyclic) bond motifs is 1. The zero-order chi connectivity index (χ0) is 26.9. The molecular formula is C30H43N5O3. The van der Waals surface area contributed by atoms with Crippen molar-refractivity contribution >= 4 is 22.7 Å². The third kappa shape index (κ3) is 6.98. The Balaban J connectivity index is 1.30. The van der Waals surface area contributed by atoms with Gasteiger partial charge in [-0.05, 0) is 88.7 Å². The number of anilines is 2. The van der Waals surface area contributed by atoms with Crippen LogP contribution in [0.2, 0.25) is 0 Å². The first-order chi connectivity index (χ1) is 18.5. The van der Waals surface area contributed by atoms with Gasteiger partial charge in [-0.25, -0.2) is 4.98 Å². The second-order valence-corrected chi connectivity index (χ2v) is 10.00. The molecule has 2 N–H and O–H groups in total. The second kappa shape index (κ2) is 13.5. The average molecular weight is 522 g/mol. The monoisotopic (exact) mass is 521 g/mol. The lowest BCUT2D eigenvalue weighted by molar-refractivity contribution is 0.260. The van der Waals surface area contributed by atoms with E-state index >= 15 is 0 Å². The minimum Gasteiger partial charge on any atom is -0.490 e. The fraction of sp³-hybridized carbons (Fsp3) is 0.533. The van der Waals surface area contributed by atoms with Gasteiger partial charge >= 0.3 is 0 Å². The molecule has 0 bridgehead atoms. The van der Waals surface area contributed by atoms with Gasteiger partial charge in [-0.15, -0.1) is 0 Å². The first kappa shape index (κ1) is 27.8. The number of nitrogens with zero attached hydrogens (tertiary/aromatic N) is 3. The van der Waals surface area contributed by atoms with Crippen molar-refractivity contribution < 1.29 is 14.2 Å². The molecule has 206 valence electrons. The highest BCUT2D eigenvalue weighted by molar-refractivity contribution is 5.90. The highest BCUT2D eigenvalue weighted by Gasteiger charge is 2.22. The molecule has 2 aromatic carbocycles. The molecule has 38 heavy (non-hydrogen) atoms. The minimum atomic E-state index is 0.399. The van der Waals surface area contributed by atoms with Crippen LogP contribution in [0.3, 0.4) is 0 Å². The molecule has 0 unspecified atom stereocenters. The van der Waals surface area contributed by atoms with Crippen molar-refractivity contribution in [3.63, 3.8) is 0 Å². The van der Waals surface area contributed by atoms with E-state index in [4.69, 9.17) is 24.2 Å². The molecule has 3 aromatic rings. The molecule has 8 heteroatoms. The van der Waals surface area contributed by atoms with Crippen LogP contribution in [0.5, 0.6) is 17.2 Å². The molecule has 1 fully saturated rings. The summed E-state index contributed by atoms with van der Waals surface area (Å²) in [5.74, 6) is 4.51. The summed E-state index contributed by atoms with van der Waals surface area (Å²) in [7, 11) is 4.05. The van der Waals surface area contributed by atoms with Gasteiger partial charge in [-0.2, -0.15) is 4.98 Å². The summed E-state index contributed by atoms with van der Waals surface area (Å²) in [4.78, 5) is 11.7. The lowest BCUT2D eigenvalue weighted by atomic mass is 9.86. The quantitative estimate of drug-likeness (QED) is 0.299. The van der Waals surface area contributed by atoms with Gasteiger partial charge in [0, 0.05) is 32.1 Å². The van der Waals surface area contributed by atoms with Crippen LogP contribution in [0.15, 0.2) is 36.4 Å². The van der Waals surface area contributed by atoms with Gasteiger partial charge < -0.3 is 29.7 Å². The molecule has 0 spiro atoms. The van der Waals surface area contributed by atoms with E-state index in [0.29, 0.717) is 37.5 Å². The third-order valence-corrected chi connectivity index (χ3v) is 6.92. The van der Waals surface area contributed by atoms with E-state index in [2.05, 4.69) is 39.8 Å². The zero-order valence-electron chi connectivity index (χ0n) is 23.5. The summed E-state index contributed by atoms with van der Waals surface area (Å²) in [5, 5.41) is 8.35. The van der Waals surface area contributed by atoms with Crippen LogP contribution in [0, 0.1) is 5.92 Å². The van der Waals surface area contributed by atoms with E-state index in [0.717, 1.165) is 65.7 Å². The van der Waals surface area contributed by atoms with Crippen molar-refractivity contribution in [1.29, 1.82) is 0 Å². The van der Waals surface area contributed by atoms with E-state index in [9.17, 15) is 0 Å². The molecule has 1 aliphatic rings. The van der Waals surface area contributed by atoms with Crippen LogP contribution in [-0.2, 0) is 6.54 Å². The molecule has 1 aromatic heterocycles. The van der Waals surface area contributed by atoms with Crippen LogP contribution in [0.1, 0.15) is 52.0 Å². The van der Waals surface area contributed by atoms with Crippen LogP contribution in [-0.4, -0.2) is 56.5 Å². The maximum Gasteiger partial charge on any atom is 0.225 e. The number of nitrogens with one attached hydrogen (secondary N) is 2. The average Bonchev–Trinajstić information content (AvgIpc) is 2.91. The number of hydrogen-bond donors (Lipinski definition) is 2. The predicted octanol–water partition coefficient (Wildman–Crippen LogP) is 5.65. The Hall–Kier alpha value is -3.26. The van der Waals surface area contributed by atoms with Gasteiger partial charge in [0.2, 0.25) is 11.7 Å². The number of hydrogen-bond acceptors (Lipinski definition) is 8. The maximum absolute atomic E-state index is 5.87. The van der Waals surface area contributed by atoms with Crippen molar-refractivity contribution in [3.8, 4) is 17.2 Å². The zero-order valence-corrected chi connectivity index (χ0v) is 23.5. The Morgan fingerprint density at radius 3 is 2.16 bits per heavy atom. The van der Waals surface area contributed by atoms with E-state index in [1.54, 1.807) is 0 Å². The fourth-order valence-corrected chi connectivity index (χ4v) is 5.12. The van der Waals surface area contributed by atoms with E-state index < -0.39 is 0 Å². The molecule has 0 aliphatic heterocycles. The standard InChI is InChI=1S/C30H43N5O3/c1-6-36-26-17-22(18-27(37-7-2)28(26)38-8-3)20-31-19-21-13-15-23(16-14-21)32-30-33-25-12-10-9-11-24(25)29(34-30)35(4)5/h9-12,17-18,21,23,31H,6-8,13-16,19-20H2,1-5H3,(H,32,33,34). The van der Waals surface area contributed by atoms with Crippen molar-refractivity contribution in [2.24, 2.45) is 5.92 Å². The highest BCUT2D eigenvalue weighted by atomic mass is 16.5. The number of para-hydroxylation sites is 1. The SMILES string of the molecule is CCOc1cc(CNCC2CCC(Nc3nc(N(C)C)c4ccccc4n3)CC2)cc(OCC)c1OCC. The molecule has 1 saturated carbocycles. The Kier molecular flexibility index (Phi) is 9.87. The molecular weight excluding hydrogens is 478 g/mol. The molecule has 0 saturated heterocycles. The van der Waals surface area contributed by atoms with Crippen molar-refractivity contribution in [1.82, 2.24) is 15.3 Å². The summed E-state index contributed by atoms with van der Waals surface area (Å²) < 4.78 is 17.6. The summed E-state index contributed by atoms with van der Waals surface area (Å²) in [5.41, 5.74) is 2.11. The smallest absolute Gasteiger partial charge is 0.225 e. The second-order valence-electron chi connectivity index (χ2n) is 10.00. The fourth-order valence-electron chi connectivity index (χ4n) is 5.12. The van der Waals surface area contributed by atoms with Crippen molar-refractivity contribution in [2.75, 3.05) is 50.7 Å². The van der Waals surface area contributed by atoms with Crippen molar-refractivity contribution in [2.45, 2.75) is 59.0 Å². The largest absolute Gasteiger partial charge is 0.490 e. The molecule has 4 rings (SSSR count). The Labute approximate surface area is 227 Å². The summed E-state index contributed by atoms with van der Waals surface area (Å²) in [6.07, 6.45) is 4.59. The molecule has 0 amide bonds. The van der Waals surface area contributed by atoms with Crippen molar-refractivity contribution in [3.05, 3.63) is 42.0 Å². The Bertz CT molecular complexity index is 1150. The van der Waals surface area contributed by atoms with Crippen LogP contribution in [0.25, 0.3) is 10.9 Å². The number of rotatable bonds is 13. The van der Waals surface area contributed by atoms with Gasteiger partial charge in [-0.1, -0.05) is 12.1 Å². The Morgan fingerprint density at radius 1 is 0.868 bits per heavy atom. The first-order valence-electron chi connectivity index (χ1n) is 14.0. The Morgan fingerprint density at radius 2 is 1.53 bits per heavy atom. The topological polar surface area (TPSA) is 80.8 Å². The lowest BCUT2D eigenvalue weighted by Gasteiger charge is -2.29. The first-order valence-corrected chi connectivity index (χ1v) is 14.0. The third-order valence-electron chi connectivity index (χ3n) is 6.92. The summed E-state index contributed by atoms with van der Waals surface area (Å²) in [6.45, 7) is 9.44. The minimum absolute atomic E-state index is 0.399. The number of aromatic nitrogens is 2. The maximum atomic E-state index is 5.87. The highest BCUT2D eigenvalue weighted by Crippen LogP contribution is 2.39. The normalized spacial score (nSPS) is 17.3. The van der Waals surface area contributed by atoms with Crippen LogP contribution in [0.4, 0.5) is 11.8 Å². The van der Waals surface area contributed by atoms with Crippen LogP contribution >= 0.6 is 0 Å². The molecule has 0 atom stereocenters. The van der Waals surface area contributed by atoms with Gasteiger partial charge in [-0.3, -0.25) is 0 Å². The molecule has 0 radical (unpaired) electrons.